The maximum atomic E-state index is 8.78. The molecular weight excluding hydrogens is 170 g/mol. The molecular formula is C9H19NO3. The van der Waals surface area contributed by atoms with Crippen LogP contribution in [0.15, 0.2) is 5.16 Å². The van der Waals surface area contributed by atoms with Crippen molar-refractivity contribution in [1.29, 1.82) is 0 Å². The number of rotatable bonds is 6. The summed E-state index contributed by atoms with van der Waals surface area (Å²) in [7, 11) is 3.11. The first-order valence-electron chi connectivity index (χ1n) is 4.52. The molecule has 0 bridgehead atoms. The zero-order chi connectivity index (χ0) is 10.3. The monoisotopic (exact) mass is 189 g/mol. The van der Waals surface area contributed by atoms with Crippen LogP contribution in [0.3, 0.4) is 0 Å². The largest absolute Gasteiger partial charge is 0.411 e. The Hall–Kier alpha value is -0.610. The van der Waals surface area contributed by atoms with E-state index in [1.165, 1.54) is 0 Å². The predicted molar refractivity (Wildman–Crippen MR) is 51.2 cm³/mol. The van der Waals surface area contributed by atoms with Gasteiger partial charge < -0.3 is 14.7 Å². The van der Waals surface area contributed by atoms with Crippen LogP contribution >= 0.6 is 0 Å². The molecule has 0 rings (SSSR count). The van der Waals surface area contributed by atoms with Gasteiger partial charge in [-0.25, -0.2) is 0 Å². The van der Waals surface area contributed by atoms with Gasteiger partial charge in [0.2, 0.25) is 5.79 Å². The molecule has 0 radical (unpaired) electrons. The Morgan fingerprint density at radius 3 is 2.08 bits per heavy atom. The van der Waals surface area contributed by atoms with E-state index < -0.39 is 5.79 Å². The maximum absolute atomic E-state index is 8.78. The number of oxime groups is 1. The molecule has 0 heterocycles. The molecule has 0 aromatic carbocycles. The van der Waals surface area contributed by atoms with E-state index in [4.69, 9.17) is 14.7 Å². The molecule has 78 valence electrons. The van der Waals surface area contributed by atoms with Crippen molar-refractivity contribution in [3.05, 3.63) is 0 Å². The van der Waals surface area contributed by atoms with E-state index >= 15 is 0 Å². The first-order chi connectivity index (χ1) is 6.20. The van der Waals surface area contributed by atoms with E-state index in [0.717, 1.165) is 6.42 Å². The van der Waals surface area contributed by atoms with Crippen LogP contribution in [0.5, 0.6) is 0 Å². The molecule has 0 aromatic heterocycles. The molecule has 0 aliphatic carbocycles. The smallest absolute Gasteiger partial charge is 0.211 e. The predicted octanol–water partition coefficient (Wildman–Crippen LogP) is 2.02. The van der Waals surface area contributed by atoms with Gasteiger partial charge in [-0.2, -0.15) is 0 Å². The third-order valence-electron chi connectivity index (χ3n) is 2.13. The number of ether oxygens (including phenoxy) is 2. The van der Waals surface area contributed by atoms with Crippen LogP contribution in [0.2, 0.25) is 0 Å². The summed E-state index contributed by atoms with van der Waals surface area (Å²) in [6, 6.07) is 0. The van der Waals surface area contributed by atoms with Gasteiger partial charge in [0.15, 0.2) is 0 Å². The van der Waals surface area contributed by atoms with Crippen molar-refractivity contribution in [2.45, 2.75) is 38.9 Å². The Labute approximate surface area is 79.5 Å². The van der Waals surface area contributed by atoms with Gasteiger partial charge in [0.25, 0.3) is 0 Å². The first-order valence-corrected chi connectivity index (χ1v) is 4.52. The SMILES string of the molecule is CCCC(OC)(OC)C(CC)=NO. The molecule has 0 amide bonds. The second kappa shape index (κ2) is 5.94. The van der Waals surface area contributed by atoms with Gasteiger partial charge in [-0.05, 0) is 6.42 Å². The van der Waals surface area contributed by atoms with Crippen LogP contribution in [0, 0.1) is 0 Å². The van der Waals surface area contributed by atoms with Gasteiger partial charge in [-0.1, -0.05) is 25.4 Å². The fraction of sp³-hybridized carbons (Fsp3) is 0.889. The molecule has 0 saturated carbocycles. The standard InChI is InChI=1S/C9H19NO3/c1-5-7-9(12-3,13-4)8(6-2)10-11/h11H,5-7H2,1-4H3. The van der Waals surface area contributed by atoms with Crippen molar-refractivity contribution in [2.75, 3.05) is 14.2 Å². The Bertz CT molecular complexity index is 164. The Balaban J connectivity index is 4.72. The quantitative estimate of drug-likeness (QED) is 0.301. The van der Waals surface area contributed by atoms with Gasteiger partial charge in [0.1, 0.15) is 5.71 Å². The number of hydrogen-bond donors (Lipinski definition) is 1. The average molecular weight is 189 g/mol. The molecule has 0 saturated heterocycles. The third-order valence-corrected chi connectivity index (χ3v) is 2.13. The first kappa shape index (κ1) is 12.4. The van der Waals surface area contributed by atoms with Crippen LogP contribution in [0.4, 0.5) is 0 Å². The van der Waals surface area contributed by atoms with Crippen molar-refractivity contribution >= 4 is 5.71 Å². The van der Waals surface area contributed by atoms with E-state index in [0.29, 0.717) is 18.6 Å². The van der Waals surface area contributed by atoms with Crippen LogP contribution in [-0.2, 0) is 9.47 Å². The van der Waals surface area contributed by atoms with Crippen molar-refractivity contribution in [2.24, 2.45) is 5.16 Å². The number of hydrogen-bond acceptors (Lipinski definition) is 4. The highest BCUT2D eigenvalue weighted by Crippen LogP contribution is 2.22. The van der Waals surface area contributed by atoms with Crippen LogP contribution in [0.25, 0.3) is 0 Å². The van der Waals surface area contributed by atoms with Crippen molar-refractivity contribution in [3.8, 4) is 0 Å². The molecule has 13 heavy (non-hydrogen) atoms. The summed E-state index contributed by atoms with van der Waals surface area (Å²) in [5.41, 5.74) is 0.527. The lowest BCUT2D eigenvalue weighted by molar-refractivity contribution is -0.160. The highest BCUT2D eigenvalue weighted by atomic mass is 16.7. The highest BCUT2D eigenvalue weighted by molar-refractivity contribution is 5.90. The second-order valence-electron chi connectivity index (χ2n) is 2.81. The van der Waals surface area contributed by atoms with E-state index in [2.05, 4.69) is 5.16 Å². The molecule has 0 fully saturated rings. The number of methoxy groups -OCH3 is 2. The van der Waals surface area contributed by atoms with Crippen LogP contribution < -0.4 is 0 Å². The molecule has 1 N–H and O–H groups in total. The summed E-state index contributed by atoms with van der Waals surface area (Å²) < 4.78 is 10.5. The Kier molecular flexibility index (Phi) is 5.66. The maximum Gasteiger partial charge on any atom is 0.211 e. The van der Waals surface area contributed by atoms with E-state index in [1.54, 1.807) is 14.2 Å². The third kappa shape index (κ3) is 2.67. The molecule has 0 atom stereocenters. The average Bonchev–Trinajstić information content (AvgIpc) is 2.18. The minimum Gasteiger partial charge on any atom is -0.411 e. The van der Waals surface area contributed by atoms with Crippen LogP contribution in [-0.4, -0.2) is 30.9 Å². The zero-order valence-corrected chi connectivity index (χ0v) is 8.83. The van der Waals surface area contributed by atoms with Gasteiger partial charge in [0.05, 0.1) is 0 Å². The lowest BCUT2D eigenvalue weighted by Gasteiger charge is -2.30. The fourth-order valence-electron chi connectivity index (χ4n) is 1.41. The summed E-state index contributed by atoms with van der Waals surface area (Å²) in [4.78, 5) is 0. The molecule has 0 unspecified atom stereocenters. The Morgan fingerprint density at radius 1 is 1.31 bits per heavy atom. The van der Waals surface area contributed by atoms with Crippen molar-refractivity contribution in [3.63, 3.8) is 0 Å². The molecule has 0 aliphatic heterocycles. The lowest BCUT2D eigenvalue weighted by Crippen LogP contribution is -2.42. The normalized spacial score (nSPS) is 13.4. The van der Waals surface area contributed by atoms with Gasteiger partial charge >= 0.3 is 0 Å². The van der Waals surface area contributed by atoms with Gasteiger partial charge in [0, 0.05) is 20.6 Å². The molecule has 4 nitrogen and oxygen atoms in total. The summed E-state index contributed by atoms with van der Waals surface area (Å²) in [6.07, 6.45) is 2.20. The molecule has 4 heteroatoms. The van der Waals surface area contributed by atoms with Gasteiger partial charge in [-0.15, -0.1) is 0 Å². The zero-order valence-electron chi connectivity index (χ0n) is 8.83. The summed E-state index contributed by atoms with van der Waals surface area (Å²) >= 11 is 0. The fourth-order valence-corrected chi connectivity index (χ4v) is 1.41. The Morgan fingerprint density at radius 2 is 1.85 bits per heavy atom. The lowest BCUT2D eigenvalue weighted by atomic mass is 10.0. The van der Waals surface area contributed by atoms with Crippen molar-refractivity contribution < 1.29 is 14.7 Å². The summed E-state index contributed by atoms with van der Waals surface area (Å²) in [6.45, 7) is 3.93. The van der Waals surface area contributed by atoms with Crippen molar-refractivity contribution in [1.82, 2.24) is 0 Å². The molecule has 0 aromatic rings. The second-order valence-corrected chi connectivity index (χ2v) is 2.81. The minimum absolute atomic E-state index is 0.527. The topological polar surface area (TPSA) is 51.0 Å². The van der Waals surface area contributed by atoms with Crippen LogP contribution in [0.1, 0.15) is 33.1 Å². The molecule has 0 spiro atoms. The summed E-state index contributed by atoms with van der Waals surface area (Å²) in [5, 5.41) is 12.0. The highest BCUT2D eigenvalue weighted by Gasteiger charge is 2.34. The molecule has 0 aliphatic rings. The summed E-state index contributed by atoms with van der Waals surface area (Å²) in [5.74, 6) is -0.849. The van der Waals surface area contributed by atoms with Gasteiger partial charge in [-0.3, -0.25) is 0 Å². The number of nitrogens with zero attached hydrogens (tertiary/aromatic N) is 1. The van der Waals surface area contributed by atoms with E-state index in [9.17, 15) is 0 Å². The van der Waals surface area contributed by atoms with E-state index in [-0.39, 0.29) is 0 Å². The minimum atomic E-state index is -0.849. The van der Waals surface area contributed by atoms with E-state index in [1.807, 2.05) is 13.8 Å².